The molecule has 0 radical (unpaired) electrons. The zero-order valence-corrected chi connectivity index (χ0v) is 13.7. The summed E-state index contributed by atoms with van der Waals surface area (Å²) in [6.45, 7) is 0.854. The maximum Gasteiger partial charge on any atom is 0.273 e. The SMILES string of the molecule is COCC1(CC(N)=O)CCCN1C(=O)c1nccc2ccccc12. The number of carbonyl (C=O) groups is 2. The number of rotatable bonds is 5. The van der Waals surface area contributed by atoms with Gasteiger partial charge in [0, 0.05) is 25.2 Å². The summed E-state index contributed by atoms with van der Waals surface area (Å²) in [5, 5.41) is 1.77. The minimum absolute atomic E-state index is 0.0946. The molecule has 1 aliphatic rings. The van der Waals surface area contributed by atoms with E-state index in [0.717, 1.165) is 17.2 Å². The number of amides is 2. The molecule has 2 heterocycles. The minimum atomic E-state index is -0.684. The number of hydrogen-bond acceptors (Lipinski definition) is 4. The average Bonchev–Trinajstić information content (AvgIpc) is 2.96. The zero-order valence-electron chi connectivity index (χ0n) is 13.7. The summed E-state index contributed by atoms with van der Waals surface area (Å²) < 4.78 is 5.31. The van der Waals surface area contributed by atoms with Crippen molar-refractivity contribution in [2.24, 2.45) is 5.73 Å². The highest BCUT2D eigenvalue weighted by Crippen LogP contribution is 2.34. The number of nitrogens with zero attached hydrogens (tertiary/aromatic N) is 2. The van der Waals surface area contributed by atoms with E-state index in [1.165, 1.54) is 0 Å². The van der Waals surface area contributed by atoms with E-state index in [2.05, 4.69) is 4.98 Å². The van der Waals surface area contributed by atoms with Crippen LogP contribution in [0, 0.1) is 0 Å². The van der Waals surface area contributed by atoms with Crippen molar-refractivity contribution in [3.63, 3.8) is 0 Å². The highest BCUT2D eigenvalue weighted by atomic mass is 16.5. The fourth-order valence-electron chi connectivity index (χ4n) is 3.65. The molecule has 1 atom stereocenters. The van der Waals surface area contributed by atoms with Gasteiger partial charge in [-0.25, -0.2) is 0 Å². The molecule has 1 aromatic heterocycles. The van der Waals surface area contributed by atoms with Crippen molar-refractivity contribution in [2.45, 2.75) is 24.8 Å². The molecule has 126 valence electrons. The first-order chi connectivity index (χ1) is 11.6. The van der Waals surface area contributed by atoms with Crippen LogP contribution in [-0.4, -0.2) is 47.5 Å². The van der Waals surface area contributed by atoms with E-state index >= 15 is 0 Å². The van der Waals surface area contributed by atoms with E-state index in [9.17, 15) is 9.59 Å². The maximum absolute atomic E-state index is 13.2. The first-order valence-corrected chi connectivity index (χ1v) is 8.00. The normalized spacial score (nSPS) is 20.5. The fraction of sp³-hybridized carbons (Fsp3) is 0.389. The quantitative estimate of drug-likeness (QED) is 0.906. The molecule has 0 spiro atoms. The van der Waals surface area contributed by atoms with E-state index in [1.807, 2.05) is 30.3 Å². The van der Waals surface area contributed by atoms with Gasteiger partial charge >= 0.3 is 0 Å². The van der Waals surface area contributed by atoms with Gasteiger partial charge in [0.25, 0.3) is 5.91 Å². The van der Waals surface area contributed by atoms with Crippen LogP contribution in [0.4, 0.5) is 0 Å². The molecule has 1 aromatic carbocycles. The highest BCUT2D eigenvalue weighted by molar-refractivity contribution is 6.05. The first-order valence-electron chi connectivity index (χ1n) is 8.00. The van der Waals surface area contributed by atoms with Gasteiger partial charge in [-0.05, 0) is 24.3 Å². The standard InChI is InChI=1S/C18H21N3O3/c1-24-12-18(11-15(19)22)8-4-10-21(18)17(23)16-14-6-3-2-5-13(14)7-9-20-16/h2-3,5-7,9H,4,8,10-12H2,1H3,(H2,19,22). The number of carbonyl (C=O) groups excluding carboxylic acids is 2. The third-order valence-electron chi connectivity index (χ3n) is 4.63. The molecule has 0 aliphatic carbocycles. The molecular formula is C18H21N3O3. The molecule has 1 aliphatic heterocycles. The maximum atomic E-state index is 13.2. The number of pyridine rings is 1. The Labute approximate surface area is 140 Å². The van der Waals surface area contributed by atoms with Gasteiger partial charge in [-0.15, -0.1) is 0 Å². The van der Waals surface area contributed by atoms with Crippen LogP contribution in [0.3, 0.4) is 0 Å². The van der Waals surface area contributed by atoms with Crippen LogP contribution in [0.5, 0.6) is 0 Å². The molecule has 2 aromatic rings. The summed E-state index contributed by atoms with van der Waals surface area (Å²) >= 11 is 0. The van der Waals surface area contributed by atoms with Gasteiger partial charge in [0.05, 0.1) is 18.6 Å². The molecule has 2 amide bonds. The third-order valence-corrected chi connectivity index (χ3v) is 4.63. The van der Waals surface area contributed by atoms with Crippen LogP contribution >= 0.6 is 0 Å². The summed E-state index contributed by atoms with van der Waals surface area (Å²) in [6.07, 6.45) is 3.24. The van der Waals surface area contributed by atoms with Crippen molar-refractivity contribution >= 4 is 22.6 Å². The molecule has 2 N–H and O–H groups in total. The van der Waals surface area contributed by atoms with Gasteiger partial charge < -0.3 is 15.4 Å². The van der Waals surface area contributed by atoms with Gasteiger partial charge in [-0.2, -0.15) is 0 Å². The molecule has 1 unspecified atom stereocenters. The Hall–Kier alpha value is -2.47. The van der Waals surface area contributed by atoms with Crippen LogP contribution in [0.1, 0.15) is 29.8 Å². The Bertz CT molecular complexity index is 772. The highest BCUT2D eigenvalue weighted by Gasteiger charge is 2.45. The van der Waals surface area contributed by atoms with Gasteiger partial charge in [0.15, 0.2) is 0 Å². The summed E-state index contributed by atoms with van der Waals surface area (Å²) in [7, 11) is 1.57. The van der Waals surface area contributed by atoms with E-state index < -0.39 is 11.4 Å². The molecule has 0 bridgehead atoms. The summed E-state index contributed by atoms with van der Waals surface area (Å²) in [6, 6.07) is 9.52. The van der Waals surface area contributed by atoms with E-state index in [-0.39, 0.29) is 18.9 Å². The number of methoxy groups -OCH3 is 1. The molecule has 6 nitrogen and oxygen atoms in total. The molecule has 1 saturated heterocycles. The van der Waals surface area contributed by atoms with Gasteiger partial charge in [0.1, 0.15) is 5.69 Å². The second-order valence-electron chi connectivity index (χ2n) is 6.24. The van der Waals surface area contributed by atoms with Crippen molar-refractivity contribution in [1.29, 1.82) is 0 Å². The van der Waals surface area contributed by atoms with Gasteiger partial charge in [0.2, 0.25) is 5.91 Å². The number of primary amides is 1. The monoisotopic (exact) mass is 327 g/mol. The third kappa shape index (κ3) is 2.85. The predicted octanol–water partition coefficient (Wildman–Crippen LogP) is 1.73. The number of aromatic nitrogens is 1. The number of nitrogens with two attached hydrogens (primary N) is 1. The van der Waals surface area contributed by atoms with E-state index in [4.69, 9.17) is 10.5 Å². The average molecular weight is 327 g/mol. The van der Waals surface area contributed by atoms with Crippen molar-refractivity contribution in [3.05, 3.63) is 42.2 Å². The number of hydrogen-bond donors (Lipinski definition) is 1. The summed E-state index contributed by atoms with van der Waals surface area (Å²) in [4.78, 5) is 30.8. The number of fused-ring (bicyclic) bond motifs is 1. The first kappa shape index (κ1) is 16.4. The molecule has 6 heteroatoms. The Morgan fingerprint density at radius 1 is 1.33 bits per heavy atom. The zero-order chi connectivity index (χ0) is 17.2. The molecule has 3 rings (SSSR count). The Balaban J connectivity index is 2.02. The smallest absolute Gasteiger partial charge is 0.273 e. The van der Waals surface area contributed by atoms with E-state index in [1.54, 1.807) is 18.2 Å². The van der Waals surface area contributed by atoms with Crippen LogP contribution in [0.15, 0.2) is 36.5 Å². The Morgan fingerprint density at radius 3 is 2.88 bits per heavy atom. The van der Waals surface area contributed by atoms with Crippen molar-refractivity contribution in [1.82, 2.24) is 9.88 Å². The minimum Gasteiger partial charge on any atom is -0.382 e. The number of ether oxygens (including phenoxy) is 1. The number of benzene rings is 1. The fourth-order valence-corrected chi connectivity index (χ4v) is 3.65. The van der Waals surface area contributed by atoms with Crippen LogP contribution in [0.25, 0.3) is 10.8 Å². The lowest BCUT2D eigenvalue weighted by atomic mass is 9.92. The Morgan fingerprint density at radius 2 is 2.12 bits per heavy atom. The molecular weight excluding hydrogens is 306 g/mol. The summed E-state index contributed by atoms with van der Waals surface area (Å²) in [5.41, 5.74) is 5.15. The lowest BCUT2D eigenvalue weighted by molar-refractivity contribution is -0.121. The van der Waals surface area contributed by atoms with Crippen molar-refractivity contribution in [2.75, 3.05) is 20.3 Å². The van der Waals surface area contributed by atoms with Crippen LogP contribution in [0.2, 0.25) is 0 Å². The second-order valence-corrected chi connectivity index (χ2v) is 6.24. The van der Waals surface area contributed by atoms with Gasteiger partial charge in [-0.3, -0.25) is 14.6 Å². The Kier molecular flexibility index (Phi) is 4.49. The second kappa shape index (κ2) is 6.57. The van der Waals surface area contributed by atoms with Crippen molar-refractivity contribution < 1.29 is 14.3 Å². The van der Waals surface area contributed by atoms with Crippen LogP contribution in [-0.2, 0) is 9.53 Å². The topological polar surface area (TPSA) is 85.5 Å². The predicted molar refractivity (Wildman–Crippen MR) is 90.4 cm³/mol. The largest absolute Gasteiger partial charge is 0.382 e. The molecule has 0 saturated carbocycles. The lowest BCUT2D eigenvalue weighted by Crippen LogP contribution is -2.52. The lowest BCUT2D eigenvalue weighted by Gasteiger charge is -2.37. The van der Waals surface area contributed by atoms with Crippen molar-refractivity contribution in [3.8, 4) is 0 Å². The molecule has 1 fully saturated rings. The van der Waals surface area contributed by atoms with E-state index in [0.29, 0.717) is 18.7 Å². The van der Waals surface area contributed by atoms with Crippen LogP contribution < -0.4 is 5.73 Å². The molecule has 24 heavy (non-hydrogen) atoms. The number of likely N-dealkylation sites (tertiary alicyclic amines) is 1. The van der Waals surface area contributed by atoms with Gasteiger partial charge in [-0.1, -0.05) is 24.3 Å². The summed E-state index contributed by atoms with van der Waals surface area (Å²) in [5.74, 6) is -0.611.